The quantitative estimate of drug-likeness (QED) is 0.873. The van der Waals surface area contributed by atoms with Gasteiger partial charge in [0.05, 0.1) is 23.1 Å². The molecule has 112 valence electrons. The minimum atomic E-state index is -4.43. The van der Waals surface area contributed by atoms with Gasteiger partial charge in [0.15, 0.2) is 0 Å². The summed E-state index contributed by atoms with van der Waals surface area (Å²) in [5, 5.41) is 4.13. The van der Waals surface area contributed by atoms with Crippen molar-refractivity contribution < 1.29 is 18.0 Å². The number of amides is 1. The van der Waals surface area contributed by atoms with E-state index in [0.717, 1.165) is 7.05 Å². The molecule has 2 aromatic rings. The summed E-state index contributed by atoms with van der Waals surface area (Å²) in [6.07, 6.45) is 0.0996. The number of carbonyl (C=O) groups is 1. The standard InChI is InChI=1S/C13H13F3N4O/c1-9-11(12(21)19(2)8-13(14,15)16)7-20(18-9)10-4-3-5-17-6-10/h3-7H,8H2,1-2H3. The summed E-state index contributed by atoms with van der Waals surface area (Å²) in [4.78, 5) is 16.6. The van der Waals surface area contributed by atoms with Crippen molar-refractivity contribution in [1.82, 2.24) is 19.7 Å². The number of halogens is 3. The number of aryl methyl sites for hydroxylation is 1. The van der Waals surface area contributed by atoms with Crippen molar-refractivity contribution in [1.29, 1.82) is 0 Å². The van der Waals surface area contributed by atoms with Crippen LogP contribution in [0.15, 0.2) is 30.7 Å². The SMILES string of the molecule is Cc1nn(-c2cccnc2)cc1C(=O)N(C)CC(F)(F)F. The number of rotatable bonds is 3. The van der Waals surface area contributed by atoms with Gasteiger partial charge in [0.25, 0.3) is 5.91 Å². The van der Waals surface area contributed by atoms with E-state index in [0.29, 0.717) is 16.3 Å². The molecule has 0 aliphatic heterocycles. The molecule has 0 N–H and O–H groups in total. The lowest BCUT2D eigenvalue weighted by atomic mass is 10.2. The topological polar surface area (TPSA) is 51.0 Å². The fourth-order valence-corrected chi connectivity index (χ4v) is 1.84. The lowest BCUT2D eigenvalue weighted by Crippen LogP contribution is -2.35. The van der Waals surface area contributed by atoms with E-state index >= 15 is 0 Å². The molecule has 0 radical (unpaired) electrons. The summed E-state index contributed by atoms with van der Waals surface area (Å²) < 4.78 is 38.4. The zero-order valence-corrected chi connectivity index (χ0v) is 11.4. The molecule has 0 aliphatic rings. The number of hydrogen-bond donors (Lipinski definition) is 0. The van der Waals surface area contributed by atoms with E-state index in [9.17, 15) is 18.0 Å². The molecule has 0 fully saturated rings. The Morgan fingerprint density at radius 3 is 2.71 bits per heavy atom. The van der Waals surface area contributed by atoms with E-state index in [2.05, 4.69) is 10.1 Å². The molecule has 0 unspecified atom stereocenters. The van der Waals surface area contributed by atoms with Crippen LogP contribution in [0.25, 0.3) is 5.69 Å². The molecule has 21 heavy (non-hydrogen) atoms. The van der Waals surface area contributed by atoms with E-state index in [1.165, 1.54) is 10.9 Å². The van der Waals surface area contributed by atoms with Crippen LogP contribution < -0.4 is 0 Å². The molecule has 2 rings (SSSR count). The normalized spacial score (nSPS) is 11.5. The predicted octanol–water partition coefficient (Wildman–Crippen LogP) is 2.21. The zero-order valence-electron chi connectivity index (χ0n) is 11.4. The summed E-state index contributed by atoms with van der Waals surface area (Å²) >= 11 is 0. The fraction of sp³-hybridized carbons (Fsp3) is 0.308. The first-order chi connectivity index (χ1) is 9.78. The molecule has 0 saturated heterocycles. The van der Waals surface area contributed by atoms with E-state index in [1.54, 1.807) is 31.5 Å². The maximum atomic E-state index is 12.3. The van der Waals surface area contributed by atoms with Crippen molar-refractivity contribution in [2.45, 2.75) is 13.1 Å². The number of nitrogens with zero attached hydrogens (tertiary/aromatic N) is 4. The summed E-state index contributed by atoms with van der Waals surface area (Å²) in [5.74, 6) is -0.722. The molecule has 0 saturated carbocycles. The van der Waals surface area contributed by atoms with Crippen molar-refractivity contribution in [2.24, 2.45) is 0 Å². The van der Waals surface area contributed by atoms with Crippen molar-refractivity contribution in [3.05, 3.63) is 42.0 Å². The largest absolute Gasteiger partial charge is 0.406 e. The first-order valence-electron chi connectivity index (χ1n) is 6.07. The van der Waals surface area contributed by atoms with Gasteiger partial charge in [-0.1, -0.05) is 0 Å². The van der Waals surface area contributed by atoms with Crippen molar-refractivity contribution in [3.8, 4) is 5.69 Å². The molecule has 2 heterocycles. The van der Waals surface area contributed by atoms with E-state index in [4.69, 9.17) is 0 Å². The lowest BCUT2D eigenvalue weighted by Gasteiger charge is -2.18. The molecule has 2 aromatic heterocycles. The van der Waals surface area contributed by atoms with E-state index in [1.807, 2.05) is 0 Å². The van der Waals surface area contributed by atoms with Crippen LogP contribution in [0.5, 0.6) is 0 Å². The highest BCUT2D eigenvalue weighted by Crippen LogP contribution is 2.18. The number of aromatic nitrogens is 3. The van der Waals surface area contributed by atoms with Crippen LogP contribution >= 0.6 is 0 Å². The molecule has 5 nitrogen and oxygen atoms in total. The molecule has 0 atom stereocenters. The van der Waals surface area contributed by atoms with Crippen LogP contribution in [-0.2, 0) is 0 Å². The second-order valence-corrected chi connectivity index (χ2v) is 4.56. The van der Waals surface area contributed by atoms with Gasteiger partial charge in [0.1, 0.15) is 6.54 Å². The zero-order chi connectivity index (χ0) is 15.6. The summed E-state index contributed by atoms with van der Waals surface area (Å²) in [7, 11) is 1.11. The van der Waals surface area contributed by atoms with Gasteiger partial charge in [0, 0.05) is 19.4 Å². The van der Waals surface area contributed by atoms with Gasteiger partial charge in [-0.2, -0.15) is 18.3 Å². The third kappa shape index (κ3) is 3.59. The summed E-state index contributed by atoms with van der Waals surface area (Å²) in [6, 6.07) is 3.43. The Hall–Kier alpha value is -2.38. The second kappa shape index (κ2) is 5.55. The van der Waals surface area contributed by atoms with Crippen LogP contribution in [0.4, 0.5) is 13.2 Å². The third-order valence-electron chi connectivity index (χ3n) is 2.80. The highest BCUT2D eigenvalue weighted by atomic mass is 19.4. The number of pyridine rings is 1. The molecule has 0 aromatic carbocycles. The second-order valence-electron chi connectivity index (χ2n) is 4.56. The van der Waals surface area contributed by atoms with Gasteiger partial charge < -0.3 is 4.90 Å². The fourth-order valence-electron chi connectivity index (χ4n) is 1.84. The Labute approximate surface area is 119 Å². The first kappa shape index (κ1) is 15.0. The first-order valence-corrected chi connectivity index (χ1v) is 6.07. The molecular weight excluding hydrogens is 285 g/mol. The Morgan fingerprint density at radius 1 is 1.43 bits per heavy atom. The monoisotopic (exact) mass is 298 g/mol. The van der Waals surface area contributed by atoms with Gasteiger partial charge in [0.2, 0.25) is 0 Å². The van der Waals surface area contributed by atoms with Crippen LogP contribution in [0, 0.1) is 6.92 Å². The Kier molecular flexibility index (Phi) is 3.97. The third-order valence-corrected chi connectivity index (χ3v) is 2.80. The van der Waals surface area contributed by atoms with E-state index < -0.39 is 18.6 Å². The highest BCUT2D eigenvalue weighted by molar-refractivity contribution is 5.95. The smallest absolute Gasteiger partial charge is 0.332 e. The molecule has 8 heteroatoms. The summed E-state index contributed by atoms with van der Waals surface area (Å²) in [5.41, 5.74) is 1.11. The average Bonchev–Trinajstić information content (AvgIpc) is 2.79. The van der Waals surface area contributed by atoms with E-state index in [-0.39, 0.29) is 5.56 Å². The number of alkyl halides is 3. The number of hydrogen-bond acceptors (Lipinski definition) is 3. The van der Waals surface area contributed by atoms with Gasteiger partial charge in [-0.15, -0.1) is 0 Å². The molecule has 0 bridgehead atoms. The maximum Gasteiger partial charge on any atom is 0.406 e. The summed E-state index contributed by atoms with van der Waals surface area (Å²) in [6.45, 7) is 0.269. The highest BCUT2D eigenvalue weighted by Gasteiger charge is 2.32. The van der Waals surface area contributed by atoms with Gasteiger partial charge in [-0.25, -0.2) is 4.68 Å². The van der Waals surface area contributed by atoms with Crippen LogP contribution in [0.3, 0.4) is 0 Å². The minimum Gasteiger partial charge on any atom is -0.332 e. The van der Waals surface area contributed by atoms with Crippen molar-refractivity contribution in [2.75, 3.05) is 13.6 Å². The number of carbonyl (C=O) groups excluding carboxylic acids is 1. The van der Waals surface area contributed by atoms with Gasteiger partial charge in [-0.3, -0.25) is 9.78 Å². The van der Waals surface area contributed by atoms with Crippen molar-refractivity contribution in [3.63, 3.8) is 0 Å². The van der Waals surface area contributed by atoms with Crippen LogP contribution in [-0.4, -0.2) is 45.3 Å². The van der Waals surface area contributed by atoms with Crippen molar-refractivity contribution >= 4 is 5.91 Å². The Balaban J connectivity index is 2.25. The molecular formula is C13H13F3N4O. The lowest BCUT2D eigenvalue weighted by molar-refractivity contribution is -0.138. The van der Waals surface area contributed by atoms with Crippen LogP contribution in [0.1, 0.15) is 16.1 Å². The van der Waals surface area contributed by atoms with Gasteiger partial charge >= 0.3 is 6.18 Å². The maximum absolute atomic E-state index is 12.3. The van der Waals surface area contributed by atoms with Gasteiger partial charge in [-0.05, 0) is 19.1 Å². The minimum absolute atomic E-state index is 0.130. The average molecular weight is 298 g/mol. The Bertz CT molecular complexity index is 637. The predicted molar refractivity (Wildman–Crippen MR) is 69.1 cm³/mol. The Morgan fingerprint density at radius 2 is 2.14 bits per heavy atom. The molecule has 0 spiro atoms. The van der Waals surface area contributed by atoms with Crippen LogP contribution in [0.2, 0.25) is 0 Å². The molecule has 1 amide bonds. The molecule has 0 aliphatic carbocycles.